The van der Waals surface area contributed by atoms with E-state index in [4.69, 9.17) is 4.42 Å². The second-order valence-electron chi connectivity index (χ2n) is 6.70. The molecule has 1 aliphatic rings. The summed E-state index contributed by atoms with van der Waals surface area (Å²) >= 11 is 0. The van der Waals surface area contributed by atoms with Crippen LogP contribution in [-0.2, 0) is 11.2 Å². The average Bonchev–Trinajstić information content (AvgIpc) is 3.09. The summed E-state index contributed by atoms with van der Waals surface area (Å²) in [5.74, 6) is 1.50. The van der Waals surface area contributed by atoms with Crippen LogP contribution in [0.3, 0.4) is 0 Å². The number of hydrogen-bond acceptors (Lipinski definition) is 6. The monoisotopic (exact) mass is 345 g/mol. The molecule has 2 aromatic rings. The Bertz CT molecular complexity index is 782. The molecule has 2 aromatic heterocycles. The summed E-state index contributed by atoms with van der Waals surface area (Å²) in [6.07, 6.45) is 4.17. The van der Waals surface area contributed by atoms with Crippen molar-refractivity contribution in [1.29, 1.82) is 0 Å². The smallest absolute Gasteiger partial charge is 0.345 e. The van der Waals surface area contributed by atoms with Crippen molar-refractivity contribution in [1.82, 2.24) is 25.1 Å². The maximum Gasteiger partial charge on any atom is 0.345 e. The maximum absolute atomic E-state index is 12.5. The molecule has 8 nitrogen and oxygen atoms in total. The normalized spacial score (nSPS) is 17.9. The van der Waals surface area contributed by atoms with E-state index in [1.54, 1.807) is 0 Å². The van der Waals surface area contributed by atoms with Gasteiger partial charge in [-0.2, -0.15) is 0 Å². The molecule has 0 aromatic carbocycles. The predicted octanol–water partition coefficient (Wildman–Crippen LogP) is 1.62. The van der Waals surface area contributed by atoms with Gasteiger partial charge in [-0.3, -0.25) is 4.79 Å². The van der Waals surface area contributed by atoms with Gasteiger partial charge in [0, 0.05) is 49.7 Å². The summed E-state index contributed by atoms with van der Waals surface area (Å²) in [6, 6.07) is 1.81. The molecule has 134 valence electrons. The number of hydrogen-bond donors (Lipinski definition) is 1. The predicted molar refractivity (Wildman–Crippen MR) is 90.1 cm³/mol. The summed E-state index contributed by atoms with van der Waals surface area (Å²) in [7, 11) is 0. The van der Waals surface area contributed by atoms with Crippen molar-refractivity contribution in [3.05, 3.63) is 40.2 Å². The first-order chi connectivity index (χ1) is 12.0. The van der Waals surface area contributed by atoms with Crippen molar-refractivity contribution < 1.29 is 9.21 Å². The highest BCUT2D eigenvalue weighted by Crippen LogP contribution is 2.25. The van der Waals surface area contributed by atoms with E-state index in [9.17, 15) is 9.59 Å². The molecule has 3 rings (SSSR count). The average molecular weight is 345 g/mol. The third-order valence-corrected chi connectivity index (χ3v) is 4.44. The Balaban J connectivity index is 1.57. The van der Waals surface area contributed by atoms with E-state index in [1.807, 2.05) is 24.8 Å². The number of amides is 1. The van der Waals surface area contributed by atoms with Crippen molar-refractivity contribution in [2.24, 2.45) is 0 Å². The number of likely N-dealkylation sites (tertiary alicyclic amines) is 1. The van der Waals surface area contributed by atoms with Crippen LogP contribution in [0.4, 0.5) is 0 Å². The minimum atomic E-state index is -0.349. The molecule has 8 heteroatoms. The molecule has 0 spiro atoms. The molecular weight excluding hydrogens is 322 g/mol. The molecule has 0 saturated carbocycles. The highest BCUT2D eigenvalue weighted by atomic mass is 16.4. The number of nitrogens with zero attached hydrogens (tertiary/aromatic N) is 4. The van der Waals surface area contributed by atoms with Gasteiger partial charge in [0.15, 0.2) is 0 Å². The van der Waals surface area contributed by atoms with Gasteiger partial charge in [0.2, 0.25) is 17.7 Å². The first-order valence-corrected chi connectivity index (χ1v) is 8.68. The van der Waals surface area contributed by atoms with Crippen LogP contribution in [0.5, 0.6) is 0 Å². The van der Waals surface area contributed by atoms with Crippen molar-refractivity contribution in [2.75, 3.05) is 13.1 Å². The molecule has 0 aliphatic carbocycles. The number of H-pyrrole nitrogens is 1. The van der Waals surface area contributed by atoms with E-state index in [2.05, 4.69) is 20.2 Å². The van der Waals surface area contributed by atoms with Crippen LogP contribution in [0.25, 0.3) is 0 Å². The molecule has 0 radical (unpaired) electrons. The van der Waals surface area contributed by atoms with Crippen LogP contribution in [0.15, 0.2) is 21.5 Å². The van der Waals surface area contributed by atoms with Gasteiger partial charge in [0.05, 0.1) is 0 Å². The largest absolute Gasteiger partial charge is 0.425 e. The van der Waals surface area contributed by atoms with Crippen molar-refractivity contribution in [3.8, 4) is 0 Å². The Morgan fingerprint density at radius 2 is 2.28 bits per heavy atom. The van der Waals surface area contributed by atoms with Crippen LogP contribution in [0.1, 0.15) is 62.4 Å². The lowest BCUT2D eigenvalue weighted by Crippen LogP contribution is -2.39. The van der Waals surface area contributed by atoms with Gasteiger partial charge in [-0.1, -0.05) is 13.8 Å². The molecule has 1 fully saturated rings. The number of nitrogens with one attached hydrogen (secondary N) is 1. The van der Waals surface area contributed by atoms with Gasteiger partial charge in [-0.15, -0.1) is 10.2 Å². The molecule has 0 unspecified atom stereocenters. The van der Waals surface area contributed by atoms with Crippen LogP contribution >= 0.6 is 0 Å². The number of aromatic amines is 1. The summed E-state index contributed by atoms with van der Waals surface area (Å²) < 4.78 is 5.55. The highest BCUT2D eigenvalue weighted by molar-refractivity contribution is 5.76. The summed E-state index contributed by atoms with van der Waals surface area (Å²) in [6.45, 7) is 5.32. The summed E-state index contributed by atoms with van der Waals surface area (Å²) in [5.41, 5.74) is 0.495. The third-order valence-electron chi connectivity index (χ3n) is 4.44. The van der Waals surface area contributed by atoms with Crippen LogP contribution in [0, 0.1) is 0 Å². The van der Waals surface area contributed by atoms with E-state index in [0.717, 1.165) is 25.1 Å². The fourth-order valence-electron chi connectivity index (χ4n) is 3.05. The SMILES string of the molecule is CC(C)c1nnc(CCC(=O)N2CCC[C@@H](c3ccnc(=O)[nH]3)C2)o1. The highest BCUT2D eigenvalue weighted by Gasteiger charge is 2.25. The van der Waals surface area contributed by atoms with Gasteiger partial charge in [-0.05, 0) is 18.9 Å². The quantitative estimate of drug-likeness (QED) is 0.883. The molecule has 1 N–H and O–H groups in total. The van der Waals surface area contributed by atoms with Gasteiger partial charge in [-0.25, -0.2) is 9.78 Å². The molecule has 0 bridgehead atoms. The minimum absolute atomic E-state index is 0.0744. The fourth-order valence-corrected chi connectivity index (χ4v) is 3.05. The molecule has 3 heterocycles. The number of piperidine rings is 1. The standard InChI is InChI=1S/C17H23N5O3/c1-11(2)16-21-20-14(25-16)5-6-15(23)22-9-3-4-12(10-22)13-7-8-18-17(24)19-13/h7-8,11-12H,3-6,9-10H2,1-2H3,(H,18,19,24)/t12-/m1/s1. The topological polar surface area (TPSA) is 105 Å². The van der Waals surface area contributed by atoms with Crippen LogP contribution in [-0.4, -0.2) is 44.1 Å². The molecule has 1 aliphatic heterocycles. The maximum atomic E-state index is 12.5. The number of aryl methyl sites for hydroxylation is 1. The number of carbonyl (C=O) groups excluding carboxylic acids is 1. The first-order valence-electron chi connectivity index (χ1n) is 8.68. The van der Waals surface area contributed by atoms with E-state index in [0.29, 0.717) is 31.2 Å². The minimum Gasteiger partial charge on any atom is -0.425 e. The van der Waals surface area contributed by atoms with E-state index in [1.165, 1.54) is 6.20 Å². The third kappa shape index (κ3) is 4.32. The molecule has 25 heavy (non-hydrogen) atoms. The first kappa shape index (κ1) is 17.3. The Kier molecular flexibility index (Phi) is 5.25. The van der Waals surface area contributed by atoms with E-state index < -0.39 is 0 Å². The Labute approximate surface area is 145 Å². The lowest BCUT2D eigenvalue weighted by molar-refractivity contribution is -0.132. The van der Waals surface area contributed by atoms with Crippen molar-refractivity contribution >= 4 is 5.91 Å². The summed E-state index contributed by atoms with van der Waals surface area (Å²) in [5, 5.41) is 7.98. The lowest BCUT2D eigenvalue weighted by atomic mass is 9.94. The fraction of sp³-hybridized carbons (Fsp3) is 0.588. The molecule has 1 saturated heterocycles. The Morgan fingerprint density at radius 3 is 3.00 bits per heavy atom. The van der Waals surface area contributed by atoms with Crippen LogP contribution < -0.4 is 5.69 Å². The lowest BCUT2D eigenvalue weighted by Gasteiger charge is -2.32. The van der Waals surface area contributed by atoms with Crippen LogP contribution in [0.2, 0.25) is 0 Å². The zero-order valence-corrected chi connectivity index (χ0v) is 14.6. The molecule has 1 amide bonds. The zero-order chi connectivity index (χ0) is 17.8. The van der Waals surface area contributed by atoms with Crippen molar-refractivity contribution in [3.63, 3.8) is 0 Å². The Hall–Kier alpha value is -2.51. The molecule has 1 atom stereocenters. The van der Waals surface area contributed by atoms with Gasteiger partial charge in [0.25, 0.3) is 0 Å². The van der Waals surface area contributed by atoms with Gasteiger partial charge in [0.1, 0.15) is 0 Å². The van der Waals surface area contributed by atoms with Crippen molar-refractivity contribution in [2.45, 2.75) is 51.4 Å². The van der Waals surface area contributed by atoms with Gasteiger partial charge < -0.3 is 14.3 Å². The zero-order valence-electron chi connectivity index (χ0n) is 14.6. The second kappa shape index (κ2) is 7.58. The summed E-state index contributed by atoms with van der Waals surface area (Å²) in [4.78, 5) is 32.2. The van der Waals surface area contributed by atoms with Gasteiger partial charge >= 0.3 is 5.69 Å². The number of rotatable bonds is 5. The second-order valence-corrected chi connectivity index (χ2v) is 6.70. The Morgan fingerprint density at radius 1 is 1.44 bits per heavy atom. The van der Waals surface area contributed by atoms with E-state index in [-0.39, 0.29) is 23.4 Å². The molecular formula is C17H23N5O3. The number of aromatic nitrogens is 4. The van der Waals surface area contributed by atoms with E-state index >= 15 is 0 Å². The number of carbonyl (C=O) groups is 1.